The summed E-state index contributed by atoms with van der Waals surface area (Å²) in [6, 6.07) is 5.51. The number of oxime groups is 1. The van der Waals surface area contributed by atoms with E-state index in [4.69, 9.17) is 22.5 Å². The van der Waals surface area contributed by atoms with Gasteiger partial charge in [0.05, 0.1) is 0 Å². The van der Waals surface area contributed by atoms with Gasteiger partial charge in [0.1, 0.15) is 0 Å². The maximum Gasteiger partial charge on any atom is 0.170 e. The smallest absolute Gasteiger partial charge is 0.170 e. The van der Waals surface area contributed by atoms with E-state index in [1.54, 1.807) is 6.07 Å². The molecule has 0 atom stereocenters. The molecule has 0 saturated carbocycles. The molecule has 98 valence electrons. The van der Waals surface area contributed by atoms with Crippen molar-refractivity contribution in [3.05, 3.63) is 34.3 Å². The third-order valence-electron chi connectivity index (χ3n) is 2.95. The first-order chi connectivity index (χ1) is 8.70. The molecule has 1 saturated heterocycles. The zero-order valence-corrected chi connectivity index (χ0v) is 11.5. The lowest BCUT2D eigenvalue weighted by atomic mass is 10.1. The predicted octanol–water partition coefficient (Wildman–Crippen LogP) is 1.98. The molecule has 0 aromatic heterocycles. The van der Waals surface area contributed by atoms with E-state index in [-0.39, 0.29) is 5.84 Å². The number of nitrogens with two attached hydrogens (primary N) is 1. The van der Waals surface area contributed by atoms with Gasteiger partial charge in [-0.25, -0.2) is 0 Å². The Morgan fingerprint density at radius 1 is 1.44 bits per heavy atom. The van der Waals surface area contributed by atoms with Gasteiger partial charge in [-0.3, -0.25) is 4.90 Å². The van der Waals surface area contributed by atoms with Crippen LogP contribution in [-0.2, 0) is 6.54 Å². The highest BCUT2D eigenvalue weighted by atomic mass is 35.5. The Morgan fingerprint density at radius 2 is 2.17 bits per heavy atom. The molecule has 0 bridgehead atoms. The van der Waals surface area contributed by atoms with Crippen LogP contribution in [0.2, 0.25) is 5.02 Å². The molecular weight excluding hydrogens is 270 g/mol. The van der Waals surface area contributed by atoms with E-state index in [0.29, 0.717) is 10.6 Å². The molecule has 1 aliphatic heterocycles. The SMILES string of the molecule is N/C(=N/O)c1ccc(CN2CCSCC2)c(Cl)c1. The summed E-state index contributed by atoms with van der Waals surface area (Å²) in [6.07, 6.45) is 0. The fourth-order valence-corrected chi connectivity index (χ4v) is 3.11. The molecule has 0 unspecified atom stereocenters. The number of thioether (sulfide) groups is 1. The second kappa shape index (κ2) is 6.31. The highest BCUT2D eigenvalue weighted by Gasteiger charge is 2.13. The fraction of sp³-hybridized carbons (Fsp3) is 0.417. The van der Waals surface area contributed by atoms with Gasteiger partial charge in [-0.2, -0.15) is 11.8 Å². The zero-order valence-electron chi connectivity index (χ0n) is 9.97. The molecule has 0 aliphatic carbocycles. The molecule has 6 heteroatoms. The lowest BCUT2D eigenvalue weighted by Crippen LogP contribution is -2.32. The molecule has 18 heavy (non-hydrogen) atoms. The van der Waals surface area contributed by atoms with Crippen molar-refractivity contribution in [3.8, 4) is 0 Å². The van der Waals surface area contributed by atoms with Crippen molar-refractivity contribution in [1.82, 2.24) is 4.90 Å². The first-order valence-corrected chi connectivity index (χ1v) is 7.30. The third-order valence-corrected chi connectivity index (χ3v) is 4.25. The Labute approximate surface area is 116 Å². The molecule has 0 radical (unpaired) electrons. The Bertz CT molecular complexity index is 447. The summed E-state index contributed by atoms with van der Waals surface area (Å²) >= 11 is 8.21. The first kappa shape index (κ1) is 13.5. The van der Waals surface area contributed by atoms with E-state index in [1.807, 2.05) is 23.9 Å². The Hall–Kier alpha value is -0.910. The van der Waals surface area contributed by atoms with Crippen LogP contribution in [0.25, 0.3) is 0 Å². The monoisotopic (exact) mass is 285 g/mol. The maximum atomic E-state index is 8.62. The average molecular weight is 286 g/mol. The van der Waals surface area contributed by atoms with Crippen molar-refractivity contribution in [2.45, 2.75) is 6.54 Å². The molecule has 3 N–H and O–H groups in total. The van der Waals surface area contributed by atoms with Crippen molar-refractivity contribution in [2.24, 2.45) is 10.9 Å². The van der Waals surface area contributed by atoms with Crippen molar-refractivity contribution >= 4 is 29.2 Å². The van der Waals surface area contributed by atoms with Crippen molar-refractivity contribution < 1.29 is 5.21 Å². The lowest BCUT2D eigenvalue weighted by molar-refractivity contribution is 0.294. The zero-order chi connectivity index (χ0) is 13.0. The van der Waals surface area contributed by atoms with Crippen LogP contribution in [0.15, 0.2) is 23.4 Å². The Balaban J connectivity index is 2.09. The number of nitrogens with zero attached hydrogens (tertiary/aromatic N) is 2. The summed E-state index contributed by atoms with van der Waals surface area (Å²) in [5.74, 6) is 2.44. The van der Waals surface area contributed by atoms with Gasteiger partial charge in [0.25, 0.3) is 0 Å². The van der Waals surface area contributed by atoms with E-state index in [1.165, 1.54) is 11.5 Å². The molecular formula is C12H16ClN3OS. The molecule has 0 spiro atoms. The quantitative estimate of drug-likeness (QED) is 0.386. The highest BCUT2D eigenvalue weighted by molar-refractivity contribution is 7.99. The Morgan fingerprint density at radius 3 is 2.78 bits per heavy atom. The minimum atomic E-state index is 0.0813. The van der Waals surface area contributed by atoms with Crippen LogP contribution in [0.5, 0.6) is 0 Å². The third kappa shape index (κ3) is 3.31. The van der Waals surface area contributed by atoms with E-state index in [9.17, 15) is 0 Å². The summed E-state index contributed by atoms with van der Waals surface area (Å²) in [6.45, 7) is 3.06. The fourth-order valence-electron chi connectivity index (χ4n) is 1.89. The number of benzene rings is 1. The van der Waals surface area contributed by atoms with E-state index >= 15 is 0 Å². The van der Waals surface area contributed by atoms with Crippen LogP contribution in [0.4, 0.5) is 0 Å². The second-order valence-electron chi connectivity index (χ2n) is 4.18. The molecule has 1 heterocycles. The topological polar surface area (TPSA) is 61.9 Å². The van der Waals surface area contributed by atoms with Crippen LogP contribution in [0.3, 0.4) is 0 Å². The van der Waals surface area contributed by atoms with Gasteiger partial charge in [-0.1, -0.05) is 28.9 Å². The minimum absolute atomic E-state index is 0.0813. The van der Waals surface area contributed by atoms with Crippen molar-refractivity contribution in [3.63, 3.8) is 0 Å². The van der Waals surface area contributed by atoms with Gasteiger partial charge in [0, 0.05) is 41.7 Å². The molecule has 4 nitrogen and oxygen atoms in total. The van der Waals surface area contributed by atoms with Crippen LogP contribution < -0.4 is 5.73 Å². The molecule has 2 rings (SSSR count). The first-order valence-electron chi connectivity index (χ1n) is 5.77. The van der Waals surface area contributed by atoms with Crippen LogP contribution in [0, 0.1) is 0 Å². The van der Waals surface area contributed by atoms with E-state index in [0.717, 1.165) is 25.2 Å². The molecule has 1 aromatic carbocycles. The predicted molar refractivity (Wildman–Crippen MR) is 76.6 cm³/mol. The molecule has 1 aliphatic rings. The molecule has 1 aromatic rings. The summed E-state index contributed by atoms with van der Waals surface area (Å²) in [5.41, 5.74) is 7.25. The highest BCUT2D eigenvalue weighted by Crippen LogP contribution is 2.21. The number of amidine groups is 1. The minimum Gasteiger partial charge on any atom is -0.409 e. The van der Waals surface area contributed by atoms with Gasteiger partial charge in [-0.15, -0.1) is 0 Å². The summed E-state index contributed by atoms with van der Waals surface area (Å²) in [4.78, 5) is 2.39. The van der Waals surface area contributed by atoms with Crippen LogP contribution >= 0.6 is 23.4 Å². The standard InChI is InChI=1S/C12H16ClN3OS/c13-11-7-9(12(14)15-17)1-2-10(11)8-16-3-5-18-6-4-16/h1-2,7,17H,3-6,8H2,(H2,14,15). The van der Waals surface area contributed by atoms with Gasteiger partial charge >= 0.3 is 0 Å². The summed E-state index contributed by atoms with van der Waals surface area (Å²) in [5, 5.41) is 12.3. The molecule has 1 fully saturated rings. The van der Waals surface area contributed by atoms with Crippen LogP contribution in [0.1, 0.15) is 11.1 Å². The number of hydrogen-bond acceptors (Lipinski definition) is 4. The van der Waals surface area contributed by atoms with E-state index in [2.05, 4.69) is 10.1 Å². The van der Waals surface area contributed by atoms with Gasteiger partial charge in [0.15, 0.2) is 5.84 Å². The number of halogens is 1. The summed E-state index contributed by atoms with van der Waals surface area (Å²) < 4.78 is 0. The summed E-state index contributed by atoms with van der Waals surface area (Å²) in [7, 11) is 0. The molecule has 0 amide bonds. The van der Waals surface area contributed by atoms with Gasteiger partial charge < -0.3 is 10.9 Å². The van der Waals surface area contributed by atoms with Gasteiger partial charge in [-0.05, 0) is 11.6 Å². The normalized spacial score (nSPS) is 17.9. The van der Waals surface area contributed by atoms with Gasteiger partial charge in [0.2, 0.25) is 0 Å². The van der Waals surface area contributed by atoms with E-state index < -0.39 is 0 Å². The number of rotatable bonds is 3. The maximum absolute atomic E-state index is 8.62. The second-order valence-corrected chi connectivity index (χ2v) is 5.81. The largest absolute Gasteiger partial charge is 0.409 e. The number of hydrogen-bond donors (Lipinski definition) is 2. The average Bonchev–Trinajstić information content (AvgIpc) is 2.41. The lowest BCUT2D eigenvalue weighted by Gasteiger charge is -2.26. The van der Waals surface area contributed by atoms with Crippen molar-refractivity contribution in [1.29, 1.82) is 0 Å². The Kier molecular flexibility index (Phi) is 4.74. The van der Waals surface area contributed by atoms with Crippen LogP contribution in [-0.4, -0.2) is 40.5 Å². The van der Waals surface area contributed by atoms with Crippen molar-refractivity contribution in [2.75, 3.05) is 24.6 Å².